The maximum absolute atomic E-state index is 15.0. The van der Waals surface area contributed by atoms with Gasteiger partial charge < -0.3 is 30.4 Å². The number of ether oxygens (including phenoxy) is 1. The minimum absolute atomic E-state index is 0.00252. The number of carbonyl (C=O) groups is 2. The number of pyridine rings is 3. The summed E-state index contributed by atoms with van der Waals surface area (Å²) in [6, 6.07) is 4.92. The molecular formula is C27H29FN6O5. The molecule has 3 aromatic heterocycles. The lowest BCUT2D eigenvalue weighted by molar-refractivity contribution is -0.118. The highest BCUT2D eigenvalue weighted by Crippen LogP contribution is 2.37. The van der Waals surface area contributed by atoms with Crippen molar-refractivity contribution in [3.05, 3.63) is 51.7 Å². The third kappa shape index (κ3) is 5.29. The number of aromatic nitrogens is 3. The van der Waals surface area contributed by atoms with Crippen molar-refractivity contribution < 1.29 is 23.8 Å². The van der Waals surface area contributed by atoms with Gasteiger partial charge in [-0.2, -0.15) is 0 Å². The first-order chi connectivity index (χ1) is 18.9. The Morgan fingerprint density at radius 1 is 1.15 bits per heavy atom. The maximum Gasteiger partial charge on any atom is 0.341 e. The van der Waals surface area contributed by atoms with Crippen molar-refractivity contribution in [2.75, 3.05) is 23.8 Å². The van der Waals surface area contributed by atoms with E-state index in [-0.39, 0.29) is 41.4 Å². The molecule has 2 saturated carbocycles. The highest BCUT2D eigenvalue weighted by molar-refractivity contribution is 5.94. The molecule has 204 valence electrons. The number of halogens is 1. The van der Waals surface area contributed by atoms with Crippen LogP contribution in [0.4, 0.5) is 16.0 Å². The molecule has 0 unspecified atom stereocenters. The summed E-state index contributed by atoms with van der Waals surface area (Å²) in [5.74, 6) is -0.623. The van der Waals surface area contributed by atoms with E-state index >= 15 is 0 Å². The van der Waals surface area contributed by atoms with Crippen LogP contribution in [-0.4, -0.2) is 50.7 Å². The molecule has 4 N–H and O–H groups in total. The van der Waals surface area contributed by atoms with Crippen LogP contribution in [0.5, 0.6) is 5.75 Å². The molecule has 0 aromatic carbocycles. The van der Waals surface area contributed by atoms with Gasteiger partial charge in [-0.15, -0.1) is 0 Å². The van der Waals surface area contributed by atoms with Crippen LogP contribution >= 0.6 is 0 Å². The monoisotopic (exact) mass is 536 g/mol. The van der Waals surface area contributed by atoms with Crippen LogP contribution in [0.25, 0.3) is 11.0 Å². The minimum atomic E-state index is -1.33. The average Bonchev–Trinajstić information content (AvgIpc) is 3.76. The van der Waals surface area contributed by atoms with Crippen molar-refractivity contribution in [1.29, 1.82) is 0 Å². The molecule has 1 amide bonds. The van der Waals surface area contributed by atoms with E-state index in [0.717, 1.165) is 56.8 Å². The van der Waals surface area contributed by atoms with Gasteiger partial charge in [-0.1, -0.05) is 0 Å². The zero-order valence-electron chi connectivity index (χ0n) is 21.2. The summed E-state index contributed by atoms with van der Waals surface area (Å²) in [6.07, 6.45) is 6.67. The first-order valence-corrected chi connectivity index (χ1v) is 13.2. The number of nitrogens with one attached hydrogen (secondary N) is 3. The Kier molecular flexibility index (Phi) is 6.63. The Balaban J connectivity index is 1.06. The fourth-order valence-electron chi connectivity index (χ4n) is 5.34. The molecule has 0 spiro atoms. The van der Waals surface area contributed by atoms with E-state index in [1.165, 1.54) is 6.20 Å². The number of nitrogens with zero attached hydrogens (tertiary/aromatic N) is 3. The van der Waals surface area contributed by atoms with E-state index in [1.807, 2.05) is 12.1 Å². The number of hydrogen-bond acceptors (Lipinski definition) is 8. The Labute approximate surface area is 222 Å². The second-order valence-corrected chi connectivity index (χ2v) is 10.5. The predicted octanol–water partition coefficient (Wildman–Crippen LogP) is 3.06. The van der Waals surface area contributed by atoms with Crippen molar-refractivity contribution in [3.63, 3.8) is 0 Å². The zero-order valence-corrected chi connectivity index (χ0v) is 21.2. The smallest absolute Gasteiger partial charge is 0.341 e. The summed E-state index contributed by atoms with van der Waals surface area (Å²) in [6.45, 7) is 1.39. The van der Waals surface area contributed by atoms with Gasteiger partial charge in [0, 0.05) is 24.8 Å². The maximum atomic E-state index is 15.0. The topological polar surface area (TPSA) is 147 Å². The fraction of sp³-hybridized carbons (Fsp3) is 0.444. The van der Waals surface area contributed by atoms with Crippen molar-refractivity contribution in [1.82, 2.24) is 19.9 Å². The summed E-state index contributed by atoms with van der Waals surface area (Å²) >= 11 is 0. The molecule has 0 bridgehead atoms. The quantitative estimate of drug-likeness (QED) is 0.341. The second-order valence-electron chi connectivity index (χ2n) is 10.5. The summed E-state index contributed by atoms with van der Waals surface area (Å²) in [4.78, 5) is 44.6. The van der Waals surface area contributed by atoms with Gasteiger partial charge in [0.1, 0.15) is 11.2 Å². The number of carboxylic acid groups (broad SMARTS) is 1. The molecule has 0 radical (unpaired) electrons. The van der Waals surface area contributed by atoms with Crippen LogP contribution in [-0.2, 0) is 11.3 Å². The largest absolute Gasteiger partial charge is 0.480 e. The van der Waals surface area contributed by atoms with E-state index in [0.29, 0.717) is 29.7 Å². The minimum Gasteiger partial charge on any atom is -0.480 e. The number of carboxylic acids is 1. The van der Waals surface area contributed by atoms with Crippen LogP contribution in [0.3, 0.4) is 0 Å². The van der Waals surface area contributed by atoms with Gasteiger partial charge in [0.05, 0.1) is 11.1 Å². The number of rotatable bonds is 8. The van der Waals surface area contributed by atoms with Crippen molar-refractivity contribution >= 4 is 34.5 Å². The highest BCUT2D eigenvalue weighted by atomic mass is 19.1. The van der Waals surface area contributed by atoms with Crippen molar-refractivity contribution in [3.8, 4) is 5.75 Å². The van der Waals surface area contributed by atoms with E-state index < -0.39 is 17.2 Å². The van der Waals surface area contributed by atoms with E-state index in [9.17, 15) is 23.9 Å². The van der Waals surface area contributed by atoms with Gasteiger partial charge in [0.25, 0.3) is 5.91 Å². The first kappa shape index (κ1) is 25.2. The average molecular weight is 537 g/mol. The molecule has 0 atom stereocenters. The zero-order chi connectivity index (χ0) is 27.1. The Bertz CT molecular complexity index is 1510. The number of aromatic carboxylic acids is 1. The van der Waals surface area contributed by atoms with Crippen LogP contribution in [0.15, 0.2) is 29.2 Å². The van der Waals surface area contributed by atoms with Gasteiger partial charge in [-0.25, -0.2) is 19.2 Å². The Hall–Kier alpha value is -4.06. The first-order valence-electron chi connectivity index (χ1n) is 13.2. The lowest BCUT2D eigenvalue weighted by atomic mass is 9.86. The van der Waals surface area contributed by atoms with E-state index in [1.54, 1.807) is 4.57 Å². The summed E-state index contributed by atoms with van der Waals surface area (Å²) in [7, 11) is 0. The van der Waals surface area contributed by atoms with Gasteiger partial charge in [-0.3, -0.25) is 9.59 Å². The molecule has 1 aliphatic heterocycles. The number of fused-ring (bicyclic) bond motifs is 2. The molecule has 2 aliphatic carbocycles. The highest BCUT2D eigenvalue weighted by Gasteiger charge is 2.29. The summed E-state index contributed by atoms with van der Waals surface area (Å²) < 4.78 is 22.0. The molecule has 12 heteroatoms. The van der Waals surface area contributed by atoms with Crippen LogP contribution in [0, 0.1) is 11.7 Å². The fourth-order valence-corrected chi connectivity index (χ4v) is 5.34. The standard InChI is InChI=1S/C27H29FN6O5/c28-20-9-18-23(36)19(27(37)38)12-34(17-6-7-17)26(18)33-24(20)30-15-3-1-14(2-4-15)10-29-11-16-5-8-21-25(31-16)32-22(35)13-39-21/h5,8-9,12,14-15,17,29H,1-4,6-7,10-11,13H2,(H,30,33)(H,37,38)(H,31,32,35). The van der Waals surface area contributed by atoms with E-state index in [2.05, 4.69) is 25.9 Å². The lowest BCUT2D eigenvalue weighted by Crippen LogP contribution is -2.32. The van der Waals surface area contributed by atoms with Gasteiger partial charge in [-0.05, 0) is 69.2 Å². The van der Waals surface area contributed by atoms with E-state index in [4.69, 9.17) is 4.74 Å². The second kappa shape index (κ2) is 10.3. The Morgan fingerprint density at radius 3 is 2.69 bits per heavy atom. The molecule has 6 rings (SSSR count). The summed E-state index contributed by atoms with van der Waals surface area (Å²) in [5, 5.41) is 18.8. The molecule has 4 heterocycles. The SMILES string of the molecule is O=C1COc2ccc(CNCC3CCC(Nc4nc5c(cc4F)c(=O)c(C(=O)O)cn5C4CC4)CC3)nc2N1. The summed E-state index contributed by atoms with van der Waals surface area (Å²) in [5.41, 5.74) is 0.0413. The molecule has 3 aliphatic rings. The molecule has 11 nitrogen and oxygen atoms in total. The predicted molar refractivity (Wildman–Crippen MR) is 141 cm³/mol. The Morgan fingerprint density at radius 2 is 1.95 bits per heavy atom. The molecule has 2 fully saturated rings. The van der Waals surface area contributed by atoms with Crippen LogP contribution < -0.4 is 26.1 Å². The normalized spacial score (nSPS) is 20.7. The third-order valence-corrected chi connectivity index (χ3v) is 7.59. The number of amides is 1. The molecule has 39 heavy (non-hydrogen) atoms. The van der Waals surface area contributed by atoms with Gasteiger partial charge >= 0.3 is 5.97 Å². The molecular weight excluding hydrogens is 507 g/mol. The van der Waals surface area contributed by atoms with Gasteiger partial charge in [0.2, 0.25) is 5.43 Å². The number of carbonyl (C=O) groups excluding carboxylic acids is 1. The van der Waals surface area contributed by atoms with Crippen molar-refractivity contribution in [2.24, 2.45) is 5.92 Å². The lowest BCUT2D eigenvalue weighted by Gasteiger charge is -2.30. The van der Waals surface area contributed by atoms with Crippen molar-refractivity contribution in [2.45, 2.75) is 57.2 Å². The van der Waals surface area contributed by atoms with Gasteiger partial charge in [0.15, 0.2) is 29.8 Å². The number of anilines is 2. The van der Waals surface area contributed by atoms with Crippen LogP contribution in [0.2, 0.25) is 0 Å². The molecule has 3 aromatic rings. The third-order valence-electron chi connectivity index (χ3n) is 7.59. The molecule has 0 saturated heterocycles. The number of hydrogen-bond donors (Lipinski definition) is 4. The van der Waals surface area contributed by atoms with Crippen LogP contribution in [0.1, 0.15) is 60.6 Å².